The molecule has 0 spiro atoms. The van der Waals surface area contributed by atoms with Gasteiger partial charge in [-0.3, -0.25) is 14.9 Å². The minimum absolute atomic E-state index is 0.0763. The zero-order valence-electron chi connectivity index (χ0n) is 13.2. The summed E-state index contributed by atoms with van der Waals surface area (Å²) >= 11 is 0. The summed E-state index contributed by atoms with van der Waals surface area (Å²) in [5.41, 5.74) is 0.900. The molecule has 0 radical (unpaired) electrons. The van der Waals surface area contributed by atoms with E-state index in [0.29, 0.717) is 18.9 Å². The van der Waals surface area contributed by atoms with E-state index < -0.39 is 4.92 Å². The Morgan fingerprint density at radius 2 is 2.09 bits per heavy atom. The number of carbonyl (C=O) groups is 1. The highest BCUT2D eigenvalue weighted by molar-refractivity contribution is 5.75. The van der Waals surface area contributed by atoms with Crippen LogP contribution in [0.25, 0.3) is 0 Å². The molecule has 23 heavy (non-hydrogen) atoms. The number of nitrogens with one attached hydrogen (secondary N) is 3. The lowest BCUT2D eigenvalue weighted by atomic mass is 10.1. The summed E-state index contributed by atoms with van der Waals surface area (Å²) in [5, 5.41) is 20.0. The topological polar surface area (TPSA) is 96.3 Å². The van der Waals surface area contributed by atoms with Crippen LogP contribution in [0, 0.1) is 16.0 Å². The van der Waals surface area contributed by atoms with Gasteiger partial charge in [-0.15, -0.1) is 0 Å². The van der Waals surface area contributed by atoms with Gasteiger partial charge < -0.3 is 16.0 Å². The number of amides is 1. The molecule has 0 aliphatic carbocycles. The SMILES string of the molecule is O=C(CCCNc1ccc([N+](=O)[O-])cc1)NCCC1CCNC1. The molecule has 7 heteroatoms. The van der Waals surface area contributed by atoms with Gasteiger partial charge in [-0.1, -0.05) is 0 Å². The van der Waals surface area contributed by atoms with Crippen LogP contribution in [-0.2, 0) is 4.79 Å². The van der Waals surface area contributed by atoms with Gasteiger partial charge in [0.1, 0.15) is 0 Å². The quantitative estimate of drug-likeness (QED) is 0.367. The number of hydrogen-bond acceptors (Lipinski definition) is 5. The second kappa shape index (κ2) is 9.09. The van der Waals surface area contributed by atoms with E-state index in [-0.39, 0.29) is 11.6 Å². The summed E-state index contributed by atoms with van der Waals surface area (Å²) in [6, 6.07) is 6.28. The van der Waals surface area contributed by atoms with Gasteiger partial charge in [-0.05, 0) is 50.4 Å². The lowest BCUT2D eigenvalue weighted by Crippen LogP contribution is -2.26. The molecule has 1 heterocycles. The molecule has 1 aromatic carbocycles. The summed E-state index contributed by atoms with van der Waals surface area (Å²) in [6.07, 6.45) is 3.46. The Balaban J connectivity index is 1.53. The molecule has 1 atom stereocenters. The Bertz CT molecular complexity index is 513. The van der Waals surface area contributed by atoms with Crippen molar-refractivity contribution in [1.29, 1.82) is 0 Å². The van der Waals surface area contributed by atoms with Crippen LogP contribution in [-0.4, -0.2) is 37.0 Å². The highest BCUT2D eigenvalue weighted by atomic mass is 16.6. The molecule has 2 rings (SSSR count). The van der Waals surface area contributed by atoms with Gasteiger partial charge in [0.2, 0.25) is 5.91 Å². The third-order valence-electron chi connectivity index (χ3n) is 4.02. The van der Waals surface area contributed by atoms with Crippen molar-refractivity contribution in [1.82, 2.24) is 10.6 Å². The molecular weight excluding hydrogens is 296 g/mol. The standard InChI is InChI=1S/C16H24N4O3/c21-16(19-11-8-13-7-10-17-12-13)2-1-9-18-14-3-5-15(6-4-14)20(22)23/h3-6,13,17-18H,1-2,7-12H2,(H,19,21). The zero-order valence-corrected chi connectivity index (χ0v) is 13.2. The van der Waals surface area contributed by atoms with E-state index in [0.717, 1.165) is 38.2 Å². The average molecular weight is 320 g/mol. The fraction of sp³-hybridized carbons (Fsp3) is 0.562. The lowest BCUT2D eigenvalue weighted by molar-refractivity contribution is -0.384. The molecule has 126 valence electrons. The maximum atomic E-state index is 11.7. The Morgan fingerprint density at radius 3 is 2.74 bits per heavy atom. The second-order valence-electron chi connectivity index (χ2n) is 5.83. The fourth-order valence-electron chi connectivity index (χ4n) is 2.65. The summed E-state index contributed by atoms with van der Waals surface area (Å²) in [4.78, 5) is 21.9. The Labute approximate surface area is 136 Å². The number of nitro benzene ring substituents is 1. The van der Waals surface area contributed by atoms with Crippen LogP contribution in [0.3, 0.4) is 0 Å². The van der Waals surface area contributed by atoms with E-state index in [4.69, 9.17) is 0 Å². The second-order valence-corrected chi connectivity index (χ2v) is 5.83. The maximum absolute atomic E-state index is 11.7. The van der Waals surface area contributed by atoms with Crippen LogP contribution < -0.4 is 16.0 Å². The molecule has 0 aromatic heterocycles. The monoisotopic (exact) mass is 320 g/mol. The molecule has 1 aliphatic heterocycles. The smallest absolute Gasteiger partial charge is 0.269 e. The molecule has 1 aromatic rings. The van der Waals surface area contributed by atoms with Gasteiger partial charge in [0.05, 0.1) is 4.92 Å². The number of nitrogens with zero attached hydrogens (tertiary/aromatic N) is 1. The number of nitro groups is 1. The first-order valence-corrected chi connectivity index (χ1v) is 8.11. The molecule has 1 amide bonds. The first kappa shape index (κ1) is 17.2. The van der Waals surface area contributed by atoms with Gasteiger partial charge in [-0.2, -0.15) is 0 Å². The van der Waals surface area contributed by atoms with Crippen molar-refractivity contribution in [3.05, 3.63) is 34.4 Å². The van der Waals surface area contributed by atoms with Crippen LogP contribution in [0.2, 0.25) is 0 Å². The molecule has 0 saturated carbocycles. The van der Waals surface area contributed by atoms with Crippen molar-refractivity contribution < 1.29 is 9.72 Å². The largest absolute Gasteiger partial charge is 0.385 e. The molecule has 7 nitrogen and oxygen atoms in total. The Kier molecular flexibility index (Phi) is 6.80. The van der Waals surface area contributed by atoms with Crippen molar-refractivity contribution in [3.8, 4) is 0 Å². The van der Waals surface area contributed by atoms with Gasteiger partial charge in [0, 0.05) is 37.3 Å². The maximum Gasteiger partial charge on any atom is 0.269 e. The van der Waals surface area contributed by atoms with Crippen molar-refractivity contribution in [2.75, 3.05) is 31.5 Å². The van der Waals surface area contributed by atoms with E-state index in [1.165, 1.54) is 18.6 Å². The molecular formula is C16H24N4O3. The van der Waals surface area contributed by atoms with Crippen LogP contribution in [0.1, 0.15) is 25.7 Å². The first-order chi connectivity index (χ1) is 11.1. The van der Waals surface area contributed by atoms with Crippen LogP contribution in [0.4, 0.5) is 11.4 Å². The number of carbonyl (C=O) groups excluding carboxylic acids is 1. The van der Waals surface area contributed by atoms with E-state index >= 15 is 0 Å². The van der Waals surface area contributed by atoms with Crippen molar-refractivity contribution >= 4 is 17.3 Å². The van der Waals surface area contributed by atoms with Crippen LogP contribution >= 0.6 is 0 Å². The third-order valence-corrected chi connectivity index (χ3v) is 4.02. The number of non-ortho nitro benzene ring substituents is 1. The molecule has 1 saturated heterocycles. The van der Waals surface area contributed by atoms with E-state index in [2.05, 4.69) is 16.0 Å². The van der Waals surface area contributed by atoms with Crippen molar-refractivity contribution in [2.24, 2.45) is 5.92 Å². The summed E-state index contributed by atoms with van der Waals surface area (Å²) in [5.74, 6) is 0.778. The van der Waals surface area contributed by atoms with Gasteiger partial charge in [0.25, 0.3) is 5.69 Å². The Hall–Kier alpha value is -2.15. The normalized spacial score (nSPS) is 17.0. The minimum atomic E-state index is -0.421. The zero-order chi connectivity index (χ0) is 16.5. The first-order valence-electron chi connectivity index (χ1n) is 8.11. The number of hydrogen-bond donors (Lipinski definition) is 3. The van der Waals surface area contributed by atoms with E-state index in [1.807, 2.05) is 0 Å². The fourth-order valence-corrected chi connectivity index (χ4v) is 2.65. The van der Waals surface area contributed by atoms with Crippen LogP contribution in [0.5, 0.6) is 0 Å². The predicted molar refractivity (Wildman–Crippen MR) is 89.4 cm³/mol. The average Bonchev–Trinajstić information content (AvgIpc) is 3.05. The van der Waals surface area contributed by atoms with E-state index in [1.54, 1.807) is 12.1 Å². The van der Waals surface area contributed by atoms with Crippen molar-refractivity contribution in [3.63, 3.8) is 0 Å². The highest BCUT2D eigenvalue weighted by Crippen LogP contribution is 2.15. The summed E-state index contributed by atoms with van der Waals surface area (Å²) in [7, 11) is 0. The third kappa shape index (κ3) is 6.23. The van der Waals surface area contributed by atoms with Gasteiger partial charge in [0.15, 0.2) is 0 Å². The van der Waals surface area contributed by atoms with Crippen LogP contribution in [0.15, 0.2) is 24.3 Å². The molecule has 3 N–H and O–H groups in total. The molecule has 1 unspecified atom stereocenters. The number of rotatable bonds is 9. The number of anilines is 1. The van der Waals surface area contributed by atoms with Gasteiger partial charge in [-0.25, -0.2) is 0 Å². The molecule has 1 fully saturated rings. The number of benzene rings is 1. The molecule has 0 bridgehead atoms. The summed E-state index contributed by atoms with van der Waals surface area (Å²) in [6.45, 7) is 3.57. The van der Waals surface area contributed by atoms with Gasteiger partial charge >= 0.3 is 0 Å². The Morgan fingerprint density at radius 1 is 1.30 bits per heavy atom. The minimum Gasteiger partial charge on any atom is -0.385 e. The van der Waals surface area contributed by atoms with E-state index in [9.17, 15) is 14.9 Å². The summed E-state index contributed by atoms with van der Waals surface area (Å²) < 4.78 is 0. The van der Waals surface area contributed by atoms with Crippen molar-refractivity contribution in [2.45, 2.75) is 25.7 Å². The predicted octanol–water partition coefficient (Wildman–Crippen LogP) is 1.90. The molecule has 1 aliphatic rings. The highest BCUT2D eigenvalue weighted by Gasteiger charge is 2.13. The lowest BCUT2D eigenvalue weighted by Gasteiger charge is -2.10.